The summed E-state index contributed by atoms with van der Waals surface area (Å²) in [4.78, 5) is 33.1. The van der Waals surface area contributed by atoms with Crippen LogP contribution in [0.25, 0.3) is 10.9 Å². The first kappa shape index (κ1) is 24.3. The second-order valence-corrected chi connectivity index (χ2v) is 8.20. The van der Waals surface area contributed by atoms with Gasteiger partial charge in [0.2, 0.25) is 0 Å². The van der Waals surface area contributed by atoms with E-state index in [1.165, 1.54) is 0 Å². The van der Waals surface area contributed by atoms with Gasteiger partial charge in [0.1, 0.15) is 5.75 Å². The molecule has 33 heavy (non-hydrogen) atoms. The van der Waals surface area contributed by atoms with Crippen LogP contribution in [0, 0.1) is 13.8 Å². The van der Waals surface area contributed by atoms with Crippen molar-refractivity contribution in [3.8, 4) is 5.75 Å². The Morgan fingerprint density at radius 1 is 1.03 bits per heavy atom. The summed E-state index contributed by atoms with van der Waals surface area (Å²) in [5.74, 6) is 0.722. The highest BCUT2D eigenvalue weighted by atomic mass is 16.5. The SMILES string of the molecule is CCN(CC)CCN(Cc1cc2ccc(C)c(C)c2[nH]c1=O)C(=O)Nc1ccc(OC)cc1. The van der Waals surface area contributed by atoms with E-state index in [1.807, 2.05) is 32.0 Å². The standard InChI is InChI=1S/C26H34N4O3/c1-6-29(7-2)14-15-30(26(32)27-22-10-12-23(33-5)13-11-22)17-21-16-20-9-8-18(3)19(4)24(20)28-25(21)31/h8-13,16H,6-7,14-15,17H2,1-5H3,(H,27,32)(H,28,31). The van der Waals surface area contributed by atoms with Crippen LogP contribution >= 0.6 is 0 Å². The largest absolute Gasteiger partial charge is 0.497 e. The van der Waals surface area contributed by atoms with Crippen molar-refractivity contribution < 1.29 is 9.53 Å². The van der Waals surface area contributed by atoms with E-state index >= 15 is 0 Å². The van der Waals surface area contributed by atoms with Gasteiger partial charge in [-0.25, -0.2) is 4.79 Å². The van der Waals surface area contributed by atoms with E-state index in [1.54, 1.807) is 36.3 Å². The number of pyridine rings is 1. The van der Waals surface area contributed by atoms with Crippen molar-refractivity contribution in [1.82, 2.24) is 14.8 Å². The van der Waals surface area contributed by atoms with Crippen LogP contribution in [-0.2, 0) is 6.54 Å². The quantitative estimate of drug-likeness (QED) is 0.502. The number of hydrogen-bond acceptors (Lipinski definition) is 4. The Kier molecular flexibility index (Phi) is 8.11. The lowest BCUT2D eigenvalue weighted by atomic mass is 10.0. The molecule has 7 heteroatoms. The molecule has 0 saturated heterocycles. The predicted molar refractivity (Wildman–Crippen MR) is 134 cm³/mol. The van der Waals surface area contributed by atoms with Crippen molar-refractivity contribution in [2.75, 3.05) is 38.6 Å². The molecule has 1 heterocycles. The minimum atomic E-state index is -0.244. The first-order valence-electron chi connectivity index (χ1n) is 11.4. The van der Waals surface area contributed by atoms with E-state index in [-0.39, 0.29) is 18.1 Å². The molecule has 2 amide bonds. The number of carbonyl (C=O) groups is 1. The number of ether oxygens (including phenoxy) is 1. The van der Waals surface area contributed by atoms with Gasteiger partial charge in [0.05, 0.1) is 19.2 Å². The summed E-state index contributed by atoms with van der Waals surface area (Å²) < 4.78 is 5.19. The number of likely N-dealkylation sites (N-methyl/N-ethyl adjacent to an activating group) is 1. The van der Waals surface area contributed by atoms with Gasteiger partial charge in [-0.3, -0.25) is 4.79 Å². The molecule has 0 aliphatic heterocycles. The Labute approximate surface area is 195 Å². The van der Waals surface area contributed by atoms with Gasteiger partial charge in [0, 0.05) is 24.3 Å². The van der Waals surface area contributed by atoms with Gasteiger partial charge in [0.15, 0.2) is 0 Å². The average molecular weight is 451 g/mol. The van der Waals surface area contributed by atoms with Gasteiger partial charge >= 0.3 is 6.03 Å². The molecule has 0 aliphatic carbocycles. The predicted octanol–water partition coefficient (Wildman–Crippen LogP) is 4.53. The van der Waals surface area contributed by atoms with Crippen molar-refractivity contribution in [3.05, 3.63) is 69.5 Å². The topological polar surface area (TPSA) is 77.7 Å². The lowest BCUT2D eigenvalue weighted by molar-refractivity contribution is 0.194. The smallest absolute Gasteiger partial charge is 0.322 e. The zero-order valence-corrected chi connectivity index (χ0v) is 20.2. The molecule has 3 rings (SSSR count). The number of H-pyrrole nitrogens is 1. The number of aromatic nitrogens is 1. The Morgan fingerprint density at radius 3 is 2.36 bits per heavy atom. The highest BCUT2D eigenvalue weighted by Gasteiger charge is 2.18. The first-order valence-corrected chi connectivity index (χ1v) is 11.4. The molecule has 2 aromatic carbocycles. The number of nitrogens with one attached hydrogen (secondary N) is 2. The van der Waals surface area contributed by atoms with Gasteiger partial charge in [-0.05, 0) is 73.8 Å². The number of methoxy groups -OCH3 is 1. The maximum atomic E-state index is 13.2. The van der Waals surface area contributed by atoms with E-state index in [2.05, 4.69) is 29.0 Å². The van der Waals surface area contributed by atoms with Crippen LogP contribution < -0.4 is 15.6 Å². The summed E-state index contributed by atoms with van der Waals surface area (Å²) in [5.41, 5.74) is 4.11. The van der Waals surface area contributed by atoms with Gasteiger partial charge in [-0.2, -0.15) is 0 Å². The Balaban J connectivity index is 1.86. The number of aromatic amines is 1. The number of hydrogen-bond donors (Lipinski definition) is 2. The van der Waals surface area contributed by atoms with Gasteiger partial charge in [-0.15, -0.1) is 0 Å². The lowest BCUT2D eigenvalue weighted by Crippen LogP contribution is -2.41. The number of fused-ring (bicyclic) bond motifs is 1. The molecule has 0 spiro atoms. The summed E-state index contributed by atoms with van der Waals surface area (Å²) in [6.07, 6.45) is 0. The van der Waals surface area contributed by atoms with Crippen molar-refractivity contribution >= 4 is 22.6 Å². The summed E-state index contributed by atoms with van der Waals surface area (Å²) >= 11 is 0. The van der Waals surface area contributed by atoms with Crippen LogP contribution in [0.4, 0.5) is 10.5 Å². The molecule has 0 saturated carbocycles. The summed E-state index contributed by atoms with van der Waals surface area (Å²) in [6.45, 7) is 11.5. The molecular formula is C26H34N4O3. The number of rotatable bonds is 9. The minimum Gasteiger partial charge on any atom is -0.497 e. The number of benzene rings is 2. The molecule has 0 atom stereocenters. The van der Waals surface area contributed by atoms with Crippen LogP contribution in [0.5, 0.6) is 5.75 Å². The van der Waals surface area contributed by atoms with Crippen LogP contribution in [-0.4, -0.2) is 54.1 Å². The summed E-state index contributed by atoms with van der Waals surface area (Å²) in [6, 6.07) is 12.9. The fraction of sp³-hybridized carbons (Fsp3) is 0.385. The summed E-state index contributed by atoms with van der Waals surface area (Å²) in [7, 11) is 1.60. The lowest BCUT2D eigenvalue weighted by Gasteiger charge is -2.27. The monoisotopic (exact) mass is 450 g/mol. The number of anilines is 1. The van der Waals surface area contributed by atoms with Crippen LogP contribution in [0.2, 0.25) is 0 Å². The average Bonchev–Trinajstić information content (AvgIpc) is 2.82. The summed E-state index contributed by atoms with van der Waals surface area (Å²) in [5, 5.41) is 3.91. The maximum Gasteiger partial charge on any atom is 0.322 e. The Bertz CT molecular complexity index is 1150. The number of amides is 2. The molecule has 0 fully saturated rings. The molecule has 3 aromatic rings. The molecular weight excluding hydrogens is 416 g/mol. The molecule has 7 nitrogen and oxygen atoms in total. The van der Waals surface area contributed by atoms with Crippen molar-refractivity contribution in [1.29, 1.82) is 0 Å². The second kappa shape index (κ2) is 11.0. The number of carbonyl (C=O) groups excluding carboxylic acids is 1. The Morgan fingerprint density at radius 2 is 1.73 bits per heavy atom. The van der Waals surface area contributed by atoms with Crippen LogP contribution in [0.15, 0.2) is 47.3 Å². The van der Waals surface area contributed by atoms with E-state index in [0.29, 0.717) is 17.8 Å². The van der Waals surface area contributed by atoms with Crippen LogP contribution in [0.1, 0.15) is 30.5 Å². The van der Waals surface area contributed by atoms with Crippen molar-refractivity contribution in [3.63, 3.8) is 0 Å². The van der Waals surface area contributed by atoms with E-state index in [9.17, 15) is 9.59 Å². The number of nitrogens with zero attached hydrogens (tertiary/aromatic N) is 2. The Hall–Kier alpha value is -3.32. The molecule has 0 aliphatic rings. The third kappa shape index (κ3) is 5.93. The minimum absolute atomic E-state index is 0.165. The maximum absolute atomic E-state index is 13.2. The van der Waals surface area contributed by atoms with E-state index in [4.69, 9.17) is 4.74 Å². The third-order valence-electron chi connectivity index (χ3n) is 6.20. The fourth-order valence-electron chi connectivity index (χ4n) is 3.82. The highest BCUT2D eigenvalue weighted by molar-refractivity contribution is 5.89. The third-order valence-corrected chi connectivity index (χ3v) is 6.20. The molecule has 2 N–H and O–H groups in total. The second-order valence-electron chi connectivity index (χ2n) is 8.20. The normalized spacial score (nSPS) is 11.1. The number of urea groups is 1. The van der Waals surface area contributed by atoms with E-state index < -0.39 is 0 Å². The van der Waals surface area contributed by atoms with Crippen molar-refractivity contribution in [2.24, 2.45) is 0 Å². The van der Waals surface area contributed by atoms with Gasteiger partial charge in [-0.1, -0.05) is 26.0 Å². The molecule has 0 radical (unpaired) electrons. The fourth-order valence-corrected chi connectivity index (χ4v) is 3.82. The highest BCUT2D eigenvalue weighted by Crippen LogP contribution is 2.20. The zero-order valence-electron chi connectivity index (χ0n) is 20.2. The van der Waals surface area contributed by atoms with Crippen molar-refractivity contribution in [2.45, 2.75) is 34.2 Å². The molecule has 0 unspecified atom stereocenters. The van der Waals surface area contributed by atoms with E-state index in [0.717, 1.165) is 47.4 Å². The molecule has 1 aromatic heterocycles. The zero-order chi connectivity index (χ0) is 24.0. The number of aryl methyl sites for hydroxylation is 2. The first-order chi connectivity index (χ1) is 15.9. The van der Waals surface area contributed by atoms with Gasteiger partial charge in [0.25, 0.3) is 5.56 Å². The van der Waals surface area contributed by atoms with Gasteiger partial charge < -0.3 is 24.8 Å². The molecule has 0 bridgehead atoms. The molecule has 176 valence electrons. The van der Waals surface area contributed by atoms with Crippen LogP contribution in [0.3, 0.4) is 0 Å².